The van der Waals surface area contributed by atoms with E-state index in [1.807, 2.05) is 23.6 Å². The summed E-state index contributed by atoms with van der Waals surface area (Å²) in [6.45, 7) is 0. The fourth-order valence-corrected chi connectivity index (χ4v) is 3.61. The van der Waals surface area contributed by atoms with E-state index in [9.17, 15) is 13.6 Å². The van der Waals surface area contributed by atoms with Gasteiger partial charge in [0.15, 0.2) is 0 Å². The van der Waals surface area contributed by atoms with Gasteiger partial charge in [0.2, 0.25) is 5.78 Å². The highest BCUT2D eigenvalue weighted by molar-refractivity contribution is 7.22. The molecule has 0 bridgehead atoms. The van der Waals surface area contributed by atoms with Gasteiger partial charge in [0.1, 0.15) is 11.6 Å². The third-order valence-corrected chi connectivity index (χ3v) is 4.92. The normalized spacial score (nSPS) is 10.7. The zero-order valence-electron chi connectivity index (χ0n) is 10.1. The molecule has 0 radical (unpaired) electrons. The second-order valence-electron chi connectivity index (χ2n) is 4.09. The SMILES string of the molecule is O=C(c1ccc(-c2cccs2)s1)c1ccc(F)cc1F. The largest absolute Gasteiger partial charge is 0.288 e. The molecule has 0 N–H and O–H groups in total. The number of carbonyl (C=O) groups is 1. The summed E-state index contributed by atoms with van der Waals surface area (Å²) in [6.07, 6.45) is 0. The quantitative estimate of drug-likeness (QED) is 0.623. The second kappa shape index (κ2) is 5.26. The van der Waals surface area contributed by atoms with E-state index in [0.717, 1.165) is 21.9 Å². The summed E-state index contributed by atoms with van der Waals surface area (Å²) in [7, 11) is 0. The van der Waals surface area contributed by atoms with Crippen LogP contribution in [0, 0.1) is 11.6 Å². The molecule has 0 spiro atoms. The van der Waals surface area contributed by atoms with Crippen molar-refractivity contribution in [2.24, 2.45) is 0 Å². The van der Waals surface area contributed by atoms with Crippen LogP contribution in [-0.2, 0) is 0 Å². The van der Waals surface area contributed by atoms with Crippen LogP contribution in [0.15, 0.2) is 47.8 Å². The number of hydrogen-bond donors (Lipinski definition) is 0. The second-order valence-corrected chi connectivity index (χ2v) is 6.13. The molecule has 2 aromatic heterocycles. The Balaban J connectivity index is 1.95. The van der Waals surface area contributed by atoms with E-state index in [-0.39, 0.29) is 5.56 Å². The van der Waals surface area contributed by atoms with E-state index in [0.29, 0.717) is 4.88 Å². The van der Waals surface area contributed by atoms with Gasteiger partial charge in [0.25, 0.3) is 0 Å². The molecule has 2 heterocycles. The molecule has 0 saturated carbocycles. The van der Waals surface area contributed by atoms with Gasteiger partial charge >= 0.3 is 0 Å². The maximum absolute atomic E-state index is 13.6. The zero-order chi connectivity index (χ0) is 14.1. The van der Waals surface area contributed by atoms with Gasteiger partial charge in [-0.2, -0.15) is 0 Å². The first-order valence-electron chi connectivity index (χ1n) is 5.78. The van der Waals surface area contributed by atoms with Crippen molar-refractivity contribution in [1.29, 1.82) is 0 Å². The first-order chi connectivity index (χ1) is 9.65. The van der Waals surface area contributed by atoms with E-state index in [1.54, 1.807) is 17.4 Å². The Morgan fingerprint density at radius 2 is 1.85 bits per heavy atom. The molecule has 5 heteroatoms. The van der Waals surface area contributed by atoms with Crippen LogP contribution in [0.25, 0.3) is 9.75 Å². The Morgan fingerprint density at radius 1 is 1.00 bits per heavy atom. The van der Waals surface area contributed by atoms with Gasteiger partial charge in [0.05, 0.1) is 10.4 Å². The molecule has 0 unspecified atom stereocenters. The lowest BCUT2D eigenvalue weighted by molar-refractivity contribution is 0.103. The maximum atomic E-state index is 13.6. The van der Waals surface area contributed by atoms with E-state index in [2.05, 4.69) is 0 Å². The minimum absolute atomic E-state index is 0.106. The molecule has 1 nitrogen and oxygen atoms in total. The van der Waals surface area contributed by atoms with Crippen molar-refractivity contribution in [3.8, 4) is 9.75 Å². The molecule has 3 rings (SSSR count). The molecular weight excluding hydrogens is 298 g/mol. The van der Waals surface area contributed by atoms with Crippen molar-refractivity contribution in [3.05, 3.63) is 69.9 Å². The molecule has 0 amide bonds. The number of benzene rings is 1. The molecule has 0 atom stereocenters. The smallest absolute Gasteiger partial charge is 0.205 e. The topological polar surface area (TPSA) is 17.1 Å². The first kappa shape index (κ1) is 13.1. The lowest BCUT2D eigenvalue weighted by atomic mass is 10.1. The molecule has 0 aliphatic carbocycles. The van der Waals surface area contributed by atoms with Crippen molar-refractivity contribution >= 4 is 28.5 Å². The van der Waals surface area contributed by atoms with Crippen molar-refractivity contribution in [2.75, 3.05) is 0 Å². The number of ketones is 1. The fraction of sp³-hybridized carbons (Fsp3) is 0. The number of thiophene rings is 2. The lowest BCUT2D eigenvalue weighted by Crippen LogP contribution is -2.02. The Morgan fingerprint density at radius 3 is 2.55 bits per heavy atom. The van der Waals surface area contributed by atoms with E-state index < -0.39 is 17.4 Å². The lowest BCUT2D eigenvalue weighted by Gasteiger charge is -2.00. The number of hydrogen-bond acceptors (Lipinski definition) is 3. The summed E-state index contributed by atoms with van der Waals surface area (Å²) in [6, 6.07) is 10.4. The number of halogens is 2. The van der Waals surface area contributed by atoms with Crippen LogP contribution >= 0.6 is 22.7 Å². The Kier molecular flexibility index (Phi) is 3.46. The van der Waals surface area contributed by atoms with Gasteiger partial charge in [-0.1, -0.05) is 6.07 Å². The summed E-state index contributed by atoms with van der Waals surface area (Å²) in [5, 5.41) is 1.95. The standard InChI is InChI=1S/C15H8F2OS2/c16-9-3-4-10(11(17)8-9)15(18)14-6-5-13(20-14)12-2-1-7-19-12/h1-8H. The van der Waals surface area contributed by atoms with Crippen LogP contribution in [-0.4, -0.2) is 5.78 Å². The summed E-state index contributed by atoms with van der Waals surface area (Å²) < 4.78 is 26.5. The molecule has 20 heavy (non-hydrogen) atoms. The van der Waals surface area contributed by atoms with Crippen LogP contribution in [0.3, 0.4) is 0 Å². The van der Waals surface area contributed by atoms with Gasteiger partial charge in [-0.25, -0.2) is 8.78 Å². The third kappa shape index (κ3) is 2.42. The van der Waals surface area contributed by atoms with Crippen LogP contribution < -0.4 is 0 Å². The minimum Gasteiger partial charge on any atom is -0.288 e. The molecule has 0 aliphatic rings. The minimum atomic E-state index is -0.832. The monoisotopic (exact) mass is 306 g/mol. The molecule has 0 aliphatic heterocycles. The average Bonchev–Trinajstić information content (AvgIpc) is 3.09. The molecule has 100 valence electrons. The summed E-state index contributed by atoms with van der Waals surface area (Å²) in [5.41, 5.74) is -0.106. The zero-order valence-corrected chi connectivity index (χ0v) is 11.7. The van der Waals surface area contributed by atoms with Gasteiger partial charge in [-0.05, 0) is 35.7 Å². The Labute approximate surface area is 122 Å². The highest BCUT2D eigenvalue weighted by Crippen LogP contribution is 2.32. The van der Waals surface area contributed by atoms with Crippen LogP contribution in [0.2, 0.25) is 0 Å². The predicted molar refractivity (Wildman–Crippen MR) is 77.4 cm³/mol. The van der Waals surface area contributed by atoms with Gasteiger partial charge < -0.3 is 0 Å². The van der Waals surface area contributed by atoms with Crippen molar-refractivity contribution in [3.63, 3.8) is 0 Å². The first-order valence-corrected chi connectivity index (χ1v) is 7.48. The summed E-state index contributed by atoms with van der Waals surface area (Å²) in [4.78, 5) is 14.7. The molecular formula is C15H8F2OS2. The predicted octanol–water partition coefficient (Wildman–Crippen LogP) is 4.99. The number of carbonyl (C=O) groups excluding carboxylic acids is 1. The fourth-order valence-electron chi connectivity index (χ4n) is 1.82. The Bertz CT molecular complexity index is 760. The molecule has 0 saturated heterocycles. The summed E-state index contributed by atoms with van der Waals surface area (Å²) in [5.74, 6) is -1.94. The third-order valence-electron chi connectivity index (χ3n) is 2.77. The van der Waals surface area contributed by atoms with Crippen molar-refractivity contribution < 1.29 is 13.6 Å². The van der Waals surface area contributed by atoms with Crippen LogP contribution in [0.1, 0.15) is 15.2 Å². The molecule has 3 aromatic rings. The highest BCUT2D eigenvalue weighted by Gasteiger charge is 2.17. The van der Waals surface area contributed by atoms with Crippen LogP contribution in [0.4, 0.5) is 8.78 Å². The van der Waals surface area contributed by atoms with E-state index in [4.69, 9.17) is 0 Å². The van der Waals surface area contributed by atoms with Crippen molar-refractivity contribution in [2.45, 2.75) is 0 Å². The average molecular weight is 306 g/mol. The highest BCUT2D eigenvalue weighted by atomic mass is 32.1. The molecule has 1 aromatic carbocycles. The Hall–Kier alpha value is -1.85. The number of rotatable bonds is 3. The van der Waals surface area contributed by atoms with Crippen LogP contribution in [0.5, 0.6) is 0 Å². The van der Waals surface area contributed by atoms with Gasteiger partial charge in [0, 0.05) is 15.8 Å². The maximum Gasteiger partial charge on any atom is 0.205 e. The van der Waals surface area contributed by atoms with Gasteiger partial charge in [-0.3, -0.25) is 4.79 Å². The van der Waals surface area contributed by atoms with E-state index in [1.165, 1.54) is 17.4 Å². The van der Waals surface area contributed by atoms with Crippen molar-refractivity contribution in [1.82, 2.24) is 0 Å². The van der Waals surface area contributed by atoms with E-state index >= 15 is 0 Å². The van der Waals surface area contributed by atoms with Gasteiger partial charge in [-0.15, -0.1) is 22.7 Å². The summed E-state index contributed by atoms with van der Waals surface area (Å²) >= 11 is 2.88. The molecule has 0 fully saturated rings.